The van der Waals surface area contributed by atoms with Crippen LogP contribution in [0.25, 0.3) is 0 Å². The van der Waals surface area contributed by atoms with E-state index < -0.39 is 10.0 Å². The largest absolute Gasteiger partial charge is 0.506 e. The van der Waals surface area contributed by atoms with Gasteiger partial charge in [-0.2, -0.15) is 0 Å². The number of aromatic hydroxyl groups is 1. The minimum Gasteiger partial charge on any atom is -0.506 e. The summed E-state index contributed by atoms with van der Waals surface area (Å²) in [6, 6.07) is 5.27. The second-order valence-electron chi connectivity index (χ2n) is 5.77. The molecule has 0 aromatic heterocycles. The van der Waals surface area contributed by atoms with E-state index >= 15 is 0 Å². The zero-order valence-corrected chi connectivity index (χ0v) is 12.4. The minimum atomic E-state index is -3.35. The van der Waals surface area contributed by atoms with Crippen molar-refractivity contribution in [3.8, 4) is 5.75 Å². The average Bonchev–Trinajstić information content (AvgIpc) is 2.48. The molecule has 0 saturated heterocycles. The molecule has 110 valence electrons. The molecule has 1 N–H and O–H groups in total. The van der Waals surface area contributed by atoms with Gasteiger partial charge in [-0.05, 0) is 37.3 Å². The van der Waals surface area contributed by atoms with Gasteiger partial charge in [0.15, 0.2) is 0 Å². The summed E-state index contributed by atoms with van der Waals surface area (Å²) in [6.45, 7) is 0.489. The molecule has 0 amide bonds. The van der Waals surface area contributed by atoms with Crippen LogP contribution in [0.2, 0.25) is 0 Å². The third kappa shape index (κ3) is 2.28. The molecule has 0 radical (unpaired) electrons. The number of hydrogen-bond donors (Lipinski definition) is 1. The monoisotopic (exact) mass is 295 g/mol. The Morgan fingerprint density at radius 2 is 1.85 bits per heavy atom. The number of nitrogens with zero attached hydrogens (tertiary/aromatic N) is 1. The smallest absolute Gasteiger partial charge is 0.238 e. The number of sulfonamides is 1. The fourth-order valence-electron chi connectivity index (χ4n) is 3.39. The Hall–Kier alpha value is -1.23. The second-order valence-corrected chi connectivity index (χ2v) is 7.90. The lowest BCUT2D eigenvalue weighted by molar-refractivity contribution is 0.467. The zero-order chi connectivity index (χ0) is 14.2. The van der Waals surface area contributed by atoms with Crippen molar-refractivity contribution in [3.05, 3.63) is 23.8 Å². The Balaban J connectivity index is 1.99. The van der Waals surface area contributed by atoms with Crippen molar-refractivity contribution in [1.82, 2.24) is 0 Å². The van der Waals surface area contributed by atoms with E-state index in [1.807, 2.05) is 6.07 Å². The molecular formula is C15H21NO3S. The number of phenolic OH excluding ortho intramolecular Hbond substituents is 1. The van der Waals surface area contributed by atoms with Crippen molar-refractivity contribution in [2.75, 3.05) is 10.8 Å². The molecule has 1 saturated carbocycles. The minimum absolute atomic E-state index is 0.0848. The molecular weight excluding hydrogens is 274 g/mol. The highest BCUT2D eigenvalue weighted by Gasteiger charge is 2.36. The zero-order valence-electron chi connectivity index (χ0n) is 11.6. The van der Waals surface area contributed by atoms with E-state index in [-0.39, 0.29) is 11.0 Å². The van der Waals surface area contributed by atoms with Crippen LogP contribution >= 0.6 is 0 Å². The molecule has 3 rings (SSSR count). The molecule has 0 spiro atoms. The first kappa shape index (κ1) is 13.7. The van der Waals surface area contributed by atoms with E-state index in [0.717, 1.165) is 50.5 Å². The highest BCUT2D eigenvalue weighted by Crippen LogP contribution is 2.39. The second kappa shape index (κ2) is 5.28. The Bertz CT molecular complexity index is 591. The van der Waals surface area contributed by atoms with Crippen LogP contribution in [-0.4, -0.2) is 25.3 Å². The van der Waals surface area contributed by atoms with E-state index in [4.69, 9.17) is 0 Å². The molecule has 1 aromatic carbocycles. The lowest BCUT2D eigenvalue weighted by Gasteiger charge is -2.35. The number of para-hydroxylation sites is 1. The summed E-state index contributed by atoms with van der Waals surface area (Å²) in [4.78, 5) is 0. The first-order chi connectivity index (χ1) is 9.60. The number of benzene rings is 1. The van der Waals surface area contributed by atoms with Gasteiger partial charge in [0.05, 0.1) is 10.9 Å². The first-order valence-corrected chi connectivity index (χ1v) is 8.93. The molecule has 4 nitrogen and oxygen atoms in total. The molecule has 1 heterocycles. The summed E-state index contributed by atoms with van der Waals surface area (Å²) in [5, 5.41) is 9.81. The van der Waals surface area contributed by atoms with Crippen LogP contribution in [0.3, 0.4) is 0 Å². The maximum Gasteiger partial charge on any atom is 0.238 e. The van der Waals surface area contributed by atoms with Crippen LogP contribution in [0.5, 0.6) is 5.75 Å². The number of aryl methyl sites for hydroxylation is 1. The number of anilines is 1. The highest BCUT2D eigenvalue weighted by molar-refractivity contribution is 7.93. The van der Waals surface area contributed by atoms with Gasteiger partial charge in [-0.1, -0.05) is 31.4 Å². The molecule has 0 bridgehead atoms. The lowest BCUT2D eigenvalue weighted by Crippen LogP contribution is -2.42. The van der Waals surface area contributed by atoms with Crippen LogP contribution in [0.15, 0.2) is 18.2 Å². The van der Waals surface area contributed by atoms with Crippen LogP contribution in [0.4, 0.5) is 5.69 Å². The van der Waals surface area contributed by atoms with Gasteiger partial charge in [0.2, 0.25) is 10.0 Å². The molecule has 0 atom stereocenters. The van der Waals surface area contributed by atoms with Gasteiger partial charge >= 0.3 is 0 Å². The van der Waals surface area contributed by atoms with E-state index in [1.54, 1.807) is 12.1 Å². The van der Waals surface area contributed by atoms with Crippen molar-refractivity contribution >= 4 is 15.7 Å². The normalized spacial score (nSPS) is 20.7. The van der Waals surface area contributed by atoms with Crippen molar-refractivity contribution in [2.24, 2.45) is 0 Å². The molecule has 2 aliphatic rings. The van der Waals surface area contributed by atoms with Gasteiger partial charge in [-0.25, -0.2) is 8.42 Å². The van der Waals surface area contributed by atoms with E-state index in [9.17, 15) is 13.5 Å². The molecule has 1 aromatic rings. The fourth-order valence-corrected chi connectivity index (χ4v) is 5.53. The summed E-state index contributed by atoms with van der Waals surface area (Å²) in [5.41, 5.74) is 1.46. The highest BCUT2D eigenvalue weighted by atomic mass is 32.2. The van der Waals surface area contributed by atoms with E-state index in [0.29, 0.717) is 12.2 Å². The number of hydrogen-bond acceptors (Lipinski definition) is 3. The predicted octanol–water partition coefficient (Wildman–Crippen LogP) is 2.81. The van der Waals surface area contributed by atoms with Gasteiger partial charge in [0.25, 0.3) is 0 Å². The molecule has 0 unspecified atom stereocenters. The Kier molecular flexibility index (Phi) is 3.63. The quantitative estimate of drug-likeness (QED) is 0.912. The standard InChI is InChI=1S/C15H21NO3S/c17-14-10-4-6-12-7-5-11-16(15(12)14)20(18,19)13-8-2-1-3-9-13/h4,6,10,13,17H,1-3,5,7-9,11H2. The summed E-state index contributed by atoms with van der Waals surface area (Å²) >= 11 is 0. The van der Waals surface area contributed by atoms with E-state index in [2.05, 4.69) is 0 Å². The summed E-state index contributed by atoms with van der Waals surface area (Å²) in [7, 11) is -3.35. The molecule has 5 heteroatoms. The third-order valence-corrected chi connectivity index (χ3v) is 6.73. The number of fused-ring (bicyclic) bond motifs is 1. The summed E-state index contributed by atoms with van der Waals surface area (Å²) < 4.78 is 27.2. The van der Waals surface area contributed by atoms with Crippen LogP contribution < -0.4 is 4.31 Å². The summed E-state index contributed by atoms with van der Waals surface area (Å²) in [5.74, 6) is 0.0848. The van der Waals surface area contributed by atoms with Crippen LogP contribution in [0.1, 0.15) is 44.1 Å². The topological polar surface area (TPSA) is 57.6 Å². The average molecular weight is 295 g/mol. The molecule has 1 fully saturated rings. The van der Waals surface area contributed by atoms with Crippen molar-refractivity contribution in [1.29, 1.82) is 0 Å². The predicted molar refractivity (Wildman–Crippen MR) is 79.6 cm³/mol. The molecule has 1 aliphatic carbocycles. The van der Waals surface area contributed by atoms with Crippen LogP contribution in [-0.2, 0) is 16.4 Å². The SMILES string of the molecule is O=S(=O)(C1CCCCC1)N1CCCc2cccc(O)c21. The van der Waals surface area contributed by atoms with Gasteiger partial charge in [0.1, 0.15) is 5.75 Å². The van der Waals surface area contributed by atoms with Gasteiger partial charge < -0.3 is 5.11 Å². The van der Waals surface area contributed by atoms with Crippen molar-refractivity contribution in [3.63, 3.8) is 0 Å². The molecule has 20 heavy (non-hydrogen) atoms. The lowest BCUT2D eigenvalue weighted by atomic mass is 10.0. The third-order valence-electron chi connectivity index (χ3n) is 4.44. The molecule has 1 aliphatic heterocycles. The fraction of sp³-hybridized carbons (Fsp3) is 0.600. The van der Waals surface area contributed by atoms with E-state index in [1.165, 1.54) is 4.31 Å². The maximum atomic E-state index is 12.9. The van der Waals surface area contributed by atoms with Gasteiger partial charge in [-0.15, -0.1) is 0 Å². The van der Waals surface area contributed by atoms with Crippen molar-refractivity contribution in [2.45, 2.75) is 50.2 Å². The Labute approximate surface area is 120 Å². The van der Waals surface area contributed by atoms with Crippen molar-refractivity contribution < 1.29 is 13.5 Å². The van der Waals surface area contributed by atoms with Gasteiger partial charge in [-0.3, -0.25) is 4.31 Å². The first-order valence-electron chi connectivity index (χ1n) is 7.43. The maximum absolute atomic E-state index is 12.9. The number of rotatable bonds is 2. The van der Waals surface area contributed by atoms with Gasteiger partial charge in [0, 0.05) is 6.54 Å². The summed E-state index contributed by atoms with van der Waals surface area (Å²) in [6.07, 6.45) is 6.27. The Morgan fingerprint density at radius 3 is 2.60 bits per heavy atom. The number of phenols is 1. The van der Waals surface area contributed by atoms with Crippen LogP contribution in [0, 0.1) is 0 Å². The Morgan fingerprint density at radius 1 is 1.10 bits per heavy atom.